The van der Waals surface area contributed by atoms with Crippen molar-refractivity contribution in [3.8, 4) is 0 Å². The molecule has 2 unspecified atom stereocenters. The Kier molecular flexibility index (Phi) is 5.79. The lowest BCUT2D eigenvalue weighted by Crippen LogP contribution is -2.28. The van der Waals surface area contributed by atoms with E-state index in [2.05, 4.69) is 22.5 Å². The number of allylic oxidation sites excluding steroid dienone is 3. The van der Waals surface area contributed by atoms with Crippen LogP contribution in [0.4, 0.5) is 15.8 Å². The van der Waals surface area contributed by atoms with E-state index >= 15 is 0 Å². The number of ketones is 1. The highest BCUT2D eigenvalue weighted by atomic mass is 19.1. The maximum Gasteiger partial charge on any atom is 0.257 e. The van der Waals surface area contributed by atoms with Crippen LogP contribution in [0.15, 0.2) is 66.5 Å². The number of rotatable bonds is 6. The lowest BCUT2D eigenvalue weighted by molar-refractivity contribution is 0.0938. The number of amides is 1. The summed E-state index contributed by atoms with van der Waals surface area (Å²) in [6.45, 7) is 5.70. The predicted molar refractivity (Wildman–Crippen MR) is 139 cm³/mol. The number of Topliss-reactive ketones (excluding diaryl/α,β-unsaturated/α-hetero) is 1. The van der Waals surface area contributed by atoms with E-state index in [9.17, 15) is 14.0 Å². The third-order valence-corrected chi connectivity index (χ3v) is 7.22. The fourth-order valence-electron chi connectivity index (χ4n) is 5.14. The molecule has 1 saturated carbocycles. The van der Waals surface area contributed by atoms with E-state index in [1.807, 2.05) is 43.3 Å². The number of nitrogens with two attached hydrogens (primary N) is 1. The molecule has 0 radical (unpaired) electrons. The second-order valence-corrected chi connectivity index (χ2v) is 9.93. The first kappa shape index (κ1) is 23.6. The summed E-state index contributed by atoms with van der Waals surface area (Å²) in [5.74, 6) is -0.478. The quantitative estimate of drug-likeness (QED) is 0.342. The molecule has 2 aliphatic rings. The first-order chi connectivity index (χ1) is 17.2. The average molecular weight is 485 g/mol. The van der Waals surface area contributed by atoms with Crippen LogP contribution in [0.5, 0.6) is 0 Å². The van der Waals surface area contributed by atoms with Crippen LogP contribution < -0.4 is 16.4 Å². The third-order valence-electron chi connectivity index (χ3n) is 7.22. The van der Waals surface area contributed by atoms with Crippen molar-refractivity contribution in [1.29, 1.82) is 0 Å². The summed E-state index contributed by atoms with van der Waals surface area (Å²) in [4.78, 5) is 29.6. The lowest BCUT2D eigenvalue weighted by atomic mass is 9.87. The molecule has 2 aliphatic carbocycles. The minimum atomic E-state index is -0.423. The topological polar surface area (TPSA) is 100 Å². The Bertz CT molecular complexity index is 1440. The highest BCUT2D eigenvalue weighted by Gasteiger charge is 2.58. The van der Waals surface area contributed by atoms with E-state index in [1.54, 1.807) is 13.0 Å². The number of carbonyl (C=O) groups is 2. The molecule has 1 aromatic heterocycles. The average Bonchev–Trinajstić information content (AvgIpc) is 3.41. The SMILES string of the molecule is C/C=C(\C=C(/N)NC(=O)c1ccc(F)cc1C)c1[nH]c2c(c1Nc1ccccc1)C(=O)C1CC1(C)C2. The molecule has 1 amide bonds. The second-order valence-electron chi connectivity index (χ2n) is 9.93. The van der Waals surface area contributed by atoms with Crippen molar-refractivity contribution in [2.75, 3.05) is 5.32 Å². The van der Waals surface area contributed by atoms with E-state index in [1.165, 1.54) is 18.2 Å². The van der Waals surface area contributed by atoms with Crippen LogP contribution in [0.3, 0.4) is 0 Å². The van der Waals surface area contributed by atoms with Crippen molar-refractivity contribution in [1.82, 2.24) is 10.3 Å². The zero-order chi connectivity index (χ0) is 25.6. The number of para-hydroxylation sites is 1. The number of aromatic nitrogens is 1. The smallest absolute Gasteiger partial charge is 0.257 e. The van der Waals surface area contributed by atoms with Gasteiger partial charge in [-0.3, -0.25) is 9.59 Å². The molecule has 1 fully saturated rings. The fourth-order valence-corrected chi connectivity index (χ4v) is 5.14. The Morgan fingerprint density at radius 1 is 1.22 bits per heavy atom. The van der Waals surface area contributed by atoms with Crippen LogP contribution in [-0.4, -0.2) is 16.7 Å². The molecule has 2 aromatic carbocycles. The van der Waals surface area contributed by atoms with Gasteiger partial charge in [0.05, 0.1) is 16.9 Å². The van der Waals surface area contributed by atoms with Crippen molar-refractivity contribution in [3.63, 3.8) is 0 Å². The summed E-state index contributed by atoms with van der Waals surface area (Å²) in [5.41, 5.74) is 11.8. The van der Waals surface area contributed by atoms with Gasteiger partial charge in [-0.2, -0.15) is 0 Å². The minimum Gasteiger partial charge on any atom is -0.385 e. The Morgan fingerprint density at radius 3 is 2.67 bits per heavy atom. The highest BCUT2D eigenvalue weighted by molar-refractivity contribution is 6.10. The number of aromatic amines is 1. The summed E-state index contributed by atoms with van der Waals surface area (Å²) in [6, 6.07) is 13.7. The van der Waals surface area contributed by atoms with Crippen molar-refractivity contribution in [2.45, 2.75) is 33.6 Å². The molecule has 0 aliphatic heterocycles. The number of hydrogen-bond acceptors (Lipinski definition) is 4. The summed E-state index contributed by atoms with van der Waals surface area (Å²) < 4.78 is 13.4. The van der Waals surface area contributed by atoms with Crippen molar-refractivity contribution >= 4 is 28.6 Å². The molecule has 7 heteroatoms. The molecule has 0 bridgehead atoms. The second kappa shape index (κ2) is 8.82. The summed E-state index contributed by atoms with van der Waals surface area (Å²) in [5, 5.41) is 6.13. The van der Waals surface area contributed by atoms with Gasteiger partial charge in [0, 0.05) is 22.9 Å². The molecular formula is C29H29FN4O2. The van der Waals surface area contributed by atoms with Crippen LogP contribution in [0.1, 0.15) is 57.9 Å². The van der Waals surface area contributed by atoms with Crippen LogP contribution in [0.25, 0.3) is 5.57 Å². The van der Waals surface area contributed by atoms with E-state index in [4.69, 9.17) is 5.73 Å². The molecule has 6 nitrogen and oxygen atoms in total. The number of carbonyl (C=O) groups excluding carboxylic acids is 2. The summed E-state index contributed by atoms with van der Waals surface area (Å²) in [6.07, 6.45) is 5.26. The van der Waals surface area contributed by atoms with Gasteiger partial charge < -0.3 is 21.4 Å². The van der Waals surface area contributed by atoms with Gasteiger partial charge in [-0.25, -0.2) is 4.39 Å². The number of halogens is 1. The monoisotopic (exact) mass is 484 g/mol. The summed E-state index contributed by atoms with van der Waals surface area (Å²) in [7, 11) is 0. The van der Waals surface area contributed by atoms with Gasteiger partial charge in [0.25, 0.3) is 5.91 Å². The molecule has 1 heterocycles. The highest BCUT2D eigenvalue weighted by Crippen LogP contribution is 2.60. The molecular weight excluding hydrogens is 455 g/mol. The normalized spacial score (nSPS) is 21.0. The Hall–Kier alpha value is -4.13. The van der Waals surface area contributed by atoms with E-state index in [0.29, 0.717) is 22.4 Å². The predicted octanol–water partition coefficient (Wildman–Crippen LogP) is 5.60. The Morgan fingerprint density at radius 2 is 1.97 bits per heavy atom. The molecule has 5 rings (SSSR count). The molecule has 0 spiro atoms. The zero-order valence-corrected chi connectivity index (χ0v) is 20.5. The van der Waals surface area contributed by atoms with Crippen molar-refractivity contribution < 1.29 is 14.0 Å². The molecule has 5 N–H and O–H groups in total. The number of nitrogens with one attached hydrogen (secondary N) is 3. The molecule has 3 aromatic rings. The number of fused-ring (bicyclic) bond motifs is 2. The Balaban J connectivity index is 1.49. The Labute approximate surface area is 209 Å². The summed E-state index contributed by atoms with van der Waals surface area (Å²) >= 11 is 0. The van der Waals surface area contributed by atoms with E-state index in [0.717, 1.165) is 35.5 Å². The number of anilines is 2. The van der Waals surface area contributed by atoms with Gasteiger partial charge in [-0.05, 0) is 79.6 Å². The van der Waals surface area contributed by atoms with Crippen LogP contribution >= 0.6 is 0 Å². The van der Waals surface area contributed by atoms with Gasteiger partial charge in [-0.15, -0.1) is 0 Å². The number of H-pyrrole nitrogens is 1. The van der Waals surface area contributed by atoms with Gasteiger partial charge in [0.1, 0.15) is 11.6 Å². The maximum atomic E-state index is 13.4. The van der Waals surface area contributed by atoms with Crippen LogP contribution in [0.2, 0.25) is 0 Å². The standard InChI is InChI=1S/C29H29FN4O2/c1-4-17(13-23(31)34-28(36)20-11-10-18(30)12-16(20)2)25-26(32-19-8-6-5-7-9-19)24-22(33-25)15-29(3)14-21(29)27(24)35/h4-13,21,32-33H,14-15,31H2,1-3H3,(H,34,36)/b17-4+,23-13+. The number of benzene rings is 2. The van der Waals surface area contributed by atoms with Crippen molar-refractivity contribution in [2.24, 2.45) is 17.1 Å². The first-order valence-corrected chi connectivity index (χ1v) is 12.0. The van der Waals surface area contributed by atoms with Gasteiger partial charge in [0.2, 0.25) is 0 Å². The van der Waals surface area contributed by atoms with Crippen molar-refractivity contribution in [3.05, 3.63) is 100 Å². The van der Waals surface area contributed by atoms with Gasteiger partial charge in [-0.1, -0.05) is 31.2 Å². The number of hydrogen-bond donors (Lipinski definition) is 4. The minimum absolute atomic E-state index is 0.0160. The first-order valence-electron chi connectivity index (χ1n) is 12.0. The molecule has 184 valence electrons. The third kappa shape index (κ3) is 4.21. The fraction of sp³-hybridized carbons (Fsp3) is 0.241. The maximum absolute atomic E-state index is 13.4. The molecule has 36 heavy (non-hydrogen) atoms. The van der Waals surface area contributed by atoms with Crippen LogP contribution in [0, 0.1) is 24.1 Å². The lowest BCUT2D eigenvalue weighted by Gasteiger charge is -2.18. The van der Waals surface area contributed by atoms with E-state index in [-0.39, 0.29) is 22.9 Å². The molecule has 2 atom stereocenters. The molecule has 0 saturated heterocycles. The van der Waals surface area contributed by atoms with Gasteiger partial charge >= 0.3 is 0 Å². The van der Waals surface area contributed by atoms with Gasteiger partial charge in [0.15, 0.2) is 5.78 Å². The van der Waals surface area contributed by atoms with Crippen LogP contribution in [-0.2, 0) is 6.42 Å². The number of aryl methyl sites for hydroxylation is 1. The largest absolute Gasteiger partial charge is 0.385 e. The van der Waals surface area contributed by atoms with E-state index < -0.39 is 11.7 Å². The zero-order valence-electron chi connectivity index (χ0n) is 20.5.